The van der Waals surface area contributed by atoms with Gasteiger partial charge in [0.2, 0.25) is 0 Å². The summed E-state index contributed by atoms with van der Waals surface area (Å²) in [5.74, 6) is 2.52. The number of nitrogens with two attached hydrogens (primary N) is 1. The van der Waals surface area contributed by atoms with Crippen molar-refractivity contribution in [2.24, 2.45) is 5.73 Å². The Bertz CT molecular complexity index is 403. The molecule has 1 saturated heterocycles. The van der Waals surface area contributed by atoms with E-state index in [1.54, 1.807) is 0 Å². The minimum Gasteiger partial charge on any atom is -0.370 e. The predicted molar refractivity (Wildman–Crippen MR) is 90.3 cm³/mol. The number of hydrogen-bond donors (Lipinski definition) is 1. The van der Waals surface area contributed by atoms with Crippen molar-refractivity contribution in [3.05, 3.63) is 28.2 Å². The van der Waals surface area contributed by atoms with E-state index in [2.05, 4.69) is 57.7 Å². The van der Waals surface area contributed by atoms with Crippen molar-refractivity contribution in [3.63, 3.8) is 0 Å². The van der Waals surface area contributed by atoms with Gasteiger partial charge in [-0.1, -0.05) is 22.9 Å². The molecule has 0 bridgehead atoms. The number of benzene rings is 1. The maximum Gasteiger partial charge on any atom is 0.0400 e. The van der Waals surface area contributed by atoms with Crippen LogP contribution in [0.3, 0.4) is 0 Å². The van der Waals surface area contributed by atoms with Gasteiger partial charge >= 0.3 is 0 Å². The second kappa shape index (κ2) is 7.55. The Morgan fingerprint density at radius 2 is 2.21 bits per heavy atom. The van der Waals surface area contributed by atoms with Crippen LogP contribution in [0.15, 0.2) is 22.7 Å². The molecule has 1 aliphatic rings. The van der Waals surface area contributed by atoms with Crippen LogP contribution in [0, 0.1) is 0 Å². The lowest BCUT2D eigenvalue weighted by Gasteiger charge is -2.26. The summed E-state index contributed by atoms with van der Waals surface area (Å²) in [5.41, 5.74) is 8.92. The van der Waals surface area contributed by atoms with Crippen molar-refractivity contribution in [2.45, 2.75) is 32.2 Å². The molecular formula is C15H23BrN2S. The highest BCUT2D eigenvalue weighted by Gasteiger charge is 2.15. The quantitative estimate of drug-likeness (QED) is 0.904. The molecule has 2 N–H and O–H groups in total. The zero-order chi connectivity index (χ0) is 13.7. The molecular weight excluding hydrogens is 320 g/mol. The van der Waals surface area contributed by atoms with E-state index in [4.69, 9.17) is 5.73 Å². The molecule has 0 saturated carbocycles. The highest BCUT2D eigenvalue weighted by Crippen LogP contribution is 2.27. The van der Waals surface area contributed by atoms with E-state index in [1.807, 2.05) is 0 Å². The van der Waals surface area contributed by atoms with Gasteiger partial charge in [0.15, 0.2) is 0 Å². The number of rotatable bonds is 4. The summed E-state index contributed by atoms with van der Waals surface area (Å²) in [7, 11) is 0. The van der Waals surface area contributed by atoms with Crippen LogP contribution in [0.5, 0.6) is 0 Å². The Morgan fingerprint density at radius 3 is 3.00 bits per heavy atom. The first kappa shape index (κ1) is 15.2. The molecule has 0 aromatic heterocycles. The lowest BCUT2D eigenvalue weighted by Crippen LogP contribution is -2.28. The first-order valence-corrected chi connectivity index (χ1v) is 9.02. The van der Waals surface area contributed by atoms with Crippen LogP contribution >= 0.6 is 27.7 Å². The van der Waals surface area contributed by atoms with Crippen molar-refractivity contribution in [1.29, 1.82) is 0 Å². The van der Waals surface area contributed by atoms with Gasteiger partial charge in [0.1, 0.15) is 0 Å². The Hall–Kier alpha value is -0.190. The van der Waals surface area contributed by atoms with Crippen molar-refractivity contribution < 1.29 is 0 Å². The number of thioether (sulfide) groups is 1. The highest BCUT2D eigenvalue weighted by molar-refractivity contribution is 9.10. The summed E-state index contributed by atoms with van der Waals surface area (Å²) < 4.78 is 1.15. The van der Waals surface area contributed by atoms with Gasteiger partial charge in [-0.3, -0.25) is 0 Å². The standard InChI is InChI=1S/C15H23BrN2S/c1-2-14(17)11-12-10-13(16)4-5-15(12)18-6-3-8-19-9-7-18/h4-5,10,14H,2-3,6-9,11,17H2,1H3. The number of anilines is 1. The minimum absolute atomic E-state index is 0.259. The van der Waals surface area contributed by atoms with Crippen LogP contribution in [-0.4, -0.2) is 30.6 Å². The number of nitrogens with zero attached hydrogens (tertiary/aromatic N) is 1. The summed E-state index contributed by atoms with van der Waals surface area (Å²) in [6, 6.07) is 6.89. The van der Waals surface area contributed by atoms with Gasteiger partial charge in [-0.15, -0.1) is 0 Å². The van der Waals surface area contributed by atoms with Crippen molar-refractivity contribution in [1.82, 2.24) is 0 Å². The van der Waals surface area contributed by atoms with Crippen LogP contribution in [0.2, 0.25) is 0 Å². The normalized spacial score (nSPS) is 18.2. The van der Waals surface area contributed by atoms with E-state index >= 15 is 0 Å². The van der Waals surface area contributed by atoms with E-state index in [9.17, 15) is 0 Å². The summed E-state index contributed by atoms with van der Waals surface area (Å²) in [4.78, 5) is 2.53. The molecule has 0 amide bonds. The number of hydrogen-bond acceptors (Lipinski definition) is 3. The van der Waals surface area contributed by atoms with Gasteiger partial charge in [0, 0.05) is 35.0 Å². The van der Waals surface area contributed by atoms with Crippen LogP contribution < -0.4 is 10.6 Å². The molecule has 2 rings (SSSR count). The smallest absolute Gasteiger partial charge is 0.0400 e. The molecule has 1 unspecified atom stereocenters. The zero-order valence-corrected chi connectivity index (χ0v) is 14.0. The molecule has 1 atom stereocenters. The summed E-state index contributed by atoms with van der Waals surface area (Å²) in [5, 5.41) is 0. The summed E-state index contributed by atoms with van der Waals surface area (Å²) in [6.45, 7) is 4.48. The molecule has 106 valence electrons. The van der Waals surface area contributed by atoms with E-state index in [-0.39, 0.29) is 6.04 Å². The minimum atomic E-state index is 0.259. The molecule has 0 spiro atoms. The third-order valence-corrected chi connectivity index (χ3v) is 5.15. The van der Waals surface area contributed by atoms with Crippen molar-refractivity contribution >= 4 is 33.4 Å². The number of halogens is 1. The van der Waals surface area contributed by atoms with Gasteiger partial charge in [-0.05, 0) is 48.8 Å². The molecule has 1 aromatic carbocycles. The third-order valence-electron chi connectivity index (χ3n) is 3.61. The van der Waals surface area contributed by atoms with Gasteiger partial charge in [0.25, 0.3) is 0 Å². The molecule has 1 aliphatic heterocycles. The van der Waals surface area contributed by atoms with Gasteiger partial charge < -0.3 is 10.6 Å². The highest BCUT2D eigenvalue weighted by atomic mass is 79.9. The first-order chi connectivity index (χ1) is 9.20. The maximum atomic E-state index is 6.15. The van der Waals surface area contributed by atoms with E-state index in [0.29, 0.717) is 0 Å². The molecule has 4 heteroatoms. The lowest BCUT2D eigenvalue weighted by molar-refractivity contribution is 0.644. The summed E-state index contributed by atoms with van der Waals surface area (Å²) in [6.07, 6.45) is 3.27. The SMILES string of the molecule is CCC(N)Cc1cc(Br)ccc1N1CCCSCC1. The van der Waals surface area contributed by atoms with Crippen molar-refractivity contribution in [3.8, 4) is 0 Å². The Balaban J connectivity index is 2.21. The Kier molecular flexibility index (Phi) is 6.05. The average Bonchev–Trinajstić information content (AvgIpc) is 2.67. The van der Waals surface area contributed by atoms with Crippen LogP contribution in [0.1, 0.15) is 25.3 Å². The molecule has 1 aromatic rings. The topological polar surface area (TPSA) is 29.3 Å². The van der Waals surface area contributed by atoms with Crippen LogP contribution in [-0.2, 0) is 6.42 Å². The monoisotopic (exact) mass is 342 g/mol. The van der Waals surface area contributed by atoms with E-state index in [0.717, 1.165) is 23.9 Å². The van der Waals surface area contributed by atoms with Gasteiger partial charge in [-0.2, -0.15) is 11.8 Å². The predicted octanol–water partition coefficient (Wildman–Crippen LogP) is 3.67. The third kappa shape index (κ3) is 4.40. The molecule has 1 fully saturated rings. The van der Waals surface area contributed by atoms with Crippen LogP contribution in [0.25, 0.3) is 0 Å². The zero-order valence-electron chi connectivity index (χ0n) is 11.6. The molecule has 0 radical (unpaired) electrons. The van der Waals surface area contributed by atoms with E-state index in [1.165, 1.54) is 35.7 Å². The molecule has 0 aliphatic carbocycles. The fourth-order valence-corrected chi connectivity index (χ4v) is 3.74. The van der Waals surface area contributed by atoms with Gasteiger partial charge in [0.05, 0.1) is 0 Å². The molecule has 1 heterocycles. The Labute approximate surface area is 129 Å². The second-order valence-corrected chi connectivity index (χ2v) is 7.24. The fourth-order valence-electron chi connectivity index (χ4n) is 2.44. The largest absolute Gasteiger partial charge is 0.370 e. The fraction of sp³-hybridized carbons (Fsp3) is 0.600. The van der Waals surface area contributed by atoms with Crippen molar-refractivity contribution in [2.75, 3.05) is 29.5 Å². The molecule has 2 nitrogen and oxygen atoms in total. The molecule has 19 heavy (non-hydrogen) atoms. The summed E-state index contributed by atoms with van der Waals surface area (Å²) >= 11 is 5.65. The Morgan fingerprint density at radius 1 is 1.37 bits per heavy atom. The van der Waals surface area contributed by atoms with Crippen LogP contribution in [0.4, 0.5) is 5.69 Å². The average molecular weight is 343 g/mol. The first-order valence-electron chi connectivity index (χ1n) is 7.07. The lowest BCUT2D eigenvalue weighted by atomic mass is 10.0. The van der Waals surface area contributed by atoms with Gasteiger partial charge in [-0.25, -0.2) is 0 Å². The van der Waals surface area contributed by atoms with E-state index < -0.39 is 0 Å². The maximum absolute atomic E-state index is 6.15. The second-order valence-electron chi connectivity index (χ2n) is 5.10.